The Balaban J connectivity index is 1.60. The van der Waals surface area contributed by atoms with Crippen molar-refractivity contribution in [1.82, 2.24) is 4.72 Å². The Hall–Kier alpha value is -2.96. The second kappa shape index (κ2) is 7.81. The molecule has 5 nitrogen and oxygen atoms in total. The van der Waals surface area contributed by atoms with Crippen LogP contribution in [0.4, 0.5) is 5.69 Å². The maximum atomic E-state index is 13.0. The molecule has 0 saturated heterocycles. The Bertz CT molecular complexity index is 1090. The zero-order valence-corrected chi connectivity index (χ0v) is 16.8. The molecule has 0 spiro atoms. The Morgan fingerprint density at radius 2 is 1.52 bits per heavy atom. The van der Waals surface area contributed by atoms with Crippen molar-refractivity contribution < 1.29 is 13.2 Å². The summed E-state index contributed by atoms with van der Waals surface area (Å²) in [4.78, 5) is 12.0. The van der Waals surface area contributed by atoms with Crippen molar-refractivity contribution in [2.24, 2.45) is 0 Å². The number of hydrogen-bond acceptors (Lipinski definition) is 3. The molecule has 3 aromatic rings. The van der Waals surface area contributed by atoms with E-state index in [1.165, 1.54) is 6.07 Å². The molecule has 3 aromatic carbocycles. The van der Waals surface area contributed by atoms with Gasteiger partial charge in [0, 0.05) is 18.2 Å². The van der Waals surface area contributed by atoms with Gasteiger partial charge in [0.2, 0.25) is 15.9 Å². The number of nitrogens with one attached hydrogen (secondary N) is 2. The van der Waals surface area contributed by atoms with Crippen LogP contribution >= 0.6 is 0 Å². The molecule has 148 valence electrons. The second-order valence-electron chi connectivity index (χ2n) is 7.19. The lowest BCUT2D eigenvalue weighted by molar-refractivity contribution is -0.116. The third-order valence-corrected chi connectivity index (χ3v) is 6.75. The number of sulfonamides is 1. The van der Waals surface area contributed by atoms with Gasteiger partial charge in [-0.1, -0.05) is 60.7 Å². The normalized spacial score (nSPS) is 15.9. The third kappa shape index (κ3) is 3.95. The van der Waals surface area contributed by atoms with Gasteiger partial charge in [-0.3, -0.25) is 4.79 Å². The predicted molar refractivity (Wildman–Crippen MR) is 113 cm³/mol. The predicted octanol–water partition coefficient (Wildman–Crippen LogP) is 3.85. The zero-order chi connectivity index (χ0) is 20.4. The van der Waals surface area contributed by atoms with Crippen molar-refractivity contribution >= 4 is 21.6 Å². The van der Waals surface area contributed by atoms with Crippen molar-refractivity contribution in [2.75, 3.05) is 11.9 Å². The molecule has 0 aliphatic carbocycles. The number of fused-ring (bicyclic) bond motifs is 1. The van der Waals surface area contributed by atoms with Crippen LogP contribution in [0.15, 0.2) is 83.8 Å². The quantitative estimate of drug-likeness (QED) is 0.653. The van der Waals surface area contributed by atoms with E-state index in [1.54, 1.807) is 19.1 Å². The van der Waals surface area contributed by atoms with Gasteiger partial charge in [0.05, 0.1) is 10.8 Å². The maximum Gasteiger partial charge on any atom is 0.240 e. The van der Waals surface area contributed by atoms with E-state index < -0.39 is 10.0 Å². The van der Waals surface area contributed by atoms with Gasteiger partial charge in [-0.2, -0.15) is 0 Å². The SMILES string of the molecule is C[C@@H]1C(=O)Nc2ccc(S(=O)(=O)NCC(c3ccccc3)c3ccccc3)cc21. The van der Waals surface area contributed by atoms with E-state index in [2.05, 4.69) is 10.0 Å². The largest absolute Gasteiger partial charge is 0.325 e. The van der Waals surface area contributed by atoms with E-state index in [0.29, 0.717) is 11.3 Å². The lowest BCUT2D eigenvalue weighted by Gasteiger charge is -2.19. The first-order chi connectivity index (χ1) is 14.0. The van der Waals surface area contributed by atoms with Gasteiger partial charge < -0.3 is 5.32 Å². The van der Waals surface area contributed by atoms with Crippen LogP contribution in [0.1, 0.15) is 35.4 Å². The van der Waals surface area contributed by atoms with Gasteiger partial charge in [0.1, 0.15) is 0 Å². The van der Waals surface area contributed by atoms with Crippen LogP contribution in [-0.2, 0) is 14.8 Å². The summed E-state index contributed by atoms with van der Waals surface area (Å²) in [6.07, 6.45) is 0. The highest BCUT2D eigenvalue weighted by atomic mass is 32.2. The molecule has 4 rings (SSSR count). The lowest BCUT2D eigenvalue weighted by Crippen LogP contribution is -2.29. The topological polar surface area (TPSA) is 75.3 Å². The highest BCUT2D eigenvalue weighted by molar-refractivity contribution is 7.89. The monoisotopic (exact) mass is 406 g/mol. The van der Waals surface area contributed by atoms with E-state index >= 15 is 0 Å². The lowest BCUT2D eigenvalue weighted by atomic mass is 9.92. The van der Waals surface area contributed by atoms with Crippen LogP contribution < -0.4 is 10.0 Å². The third-order valence-electron chi connectivity index (χ3n) is 5.33. The van der Waals surface area contributed by atoms with Crippen LogP contribution in [0.2, 0.25) is 0 Å². The van der Waals surface area contributed by atoms with Crippen LogP contribution in [0.3, 0.4) is 0 Å². The summed E-state index contributed by atoms with van der Waals surface area (Å²) in [5.74, 6) is -0.582. The summed E-state index contributed by atoms with van der Waals surface area (Å²) in [6, 6.07) is 24.4. The number of benzene rings is 3. The fourth-order valence-electron chi connectivity index (χ4n) is 3.64. The van der Waals surface area contributed by atoms with Crippen LogP contribution in [0.25, 0.3) is 0 Å². The van der Waals surface area contributed by atoms with E-state index in [9.17, 15) is 13.2 Å². The van der Waals surface area contributed by atoms with Gasteiger partial charge in [0.25, 0.3) is 0 Å². The minimum atomic E-state index is -3.72. The Morgan fingerprint density at radius 3 is 2.10 bits per heavy atom. The van der Waals surface area contributed by atoms with Crippen molar-refractivity contribution in [3.05, 3.63) is 95.6 Å². The molecule has 1 atom stereocenters. The van der Waals surface area contributed by atoms with Crippen molar-refractivity contribution in [3.63, 3.8) is 0 Å². The molecule has 2 N–H and O–H groups in total. The first kappa shape index (κ1) is 19.4. The van der Waals surface area contributed by atoms with E-state index in [4.69, 9.17) is 0 Å². The van der Waals surface area contributed by atoms with E-state index in [-0.39, 0.29) is 29.2 Å². The molecular formula is C23H22N2O3S. The molecule has 0 fully saturated rings. The summed E-state index contributed by atoms with van der Waals surface area (Å²) in [7, 11) is -3.72. The van der Waals surface area contributed by atoms with E-state index in [0.717, 1.165) is 11.1 Å². The standard InChI is InChI=1S/C23H22N2O3S/c1-16-20-14-19(12-13-22(20)25-23(16)26)29(27,28)24-15-21(17-8-4-2-5-9-17)18-10-6-3-7-11-18/h2-14,16,21,24H,15H2,1H3,(H,25,26)/t16-/m0/s1. The number of rotatable bonds is 6. The Morgan fingerprint density at radius 1 is 0.931 bits per heavy atom. The molecule has 0 bridgehead atoms. The summed E-state index contributed by atoms with van der Waals surface area (Å²) in [5.41, 5.74) is 3.46. The molecule has 1 aliphatic rings. The van der Waals surface area contributed by atoms with Gasteiger partial charge in [-0.15, -0.1) is 0 Å². The molecule has 6 heteroatoms. The summed E-state index contributed by atoms with van der Waals surface area (Å²) in [6.45, 7) is 2.01. The summed E-state index contributed by atoms with van der Waals surface area (Å²) >= 11 is 0. The number of carbonyl (C=O) groups excluding carboxylic acids is 1. The first-order valence-electron chi connectivity index (χ1n) is 9.50. The highest BCUT2D eigenvalue weighted by Crippen LogP contribution is 2.34. The van der Waals surface area contributed by atoms with Gasteiger partial charge in [-0.25, -0.2) is 13.1 Å². The fourth-order valence-corrected chi connectivity index (χ4v) is 4.72. The smallest absolute Gasteiger partial charge is 0.240 e. The zero-order valence-electron chi connectivity index (χ0n) is 16.0. The number of anilines is 1. The molecule has 1 heterocycles. The summed E-state index contributed by atoms with van der Waals surface area (Å²) < 4.78 is 28.7. The number of amides is 1. The van der Waals surface area contributed by atoms with Crippen LogP contribution in [-0.4, -0.2) is 20.9 Å². The van der Waals surface area contributed by atoms with Gasteiger partial charge in [-0.05, 0) is 41.8 Å². The minimum absolute atomic E-state index is 0.108. The molecular weight excluding hydrogens is 384 g/mol. The Kier molecular flexibility index (Phi) is 5.22. The fraction of sp³-hybridized carbons (Fsp3) is 0.174. The molecule has 0 saturated carbocycles. The molecule has 0 aromatic heterocycles. The second-order valence-corrected chi connectivity index (χ2v) is 8.95. The first-order valence-corrected chi connectivity index (χ1v) is 11.0. The Labute approximate surface area is 170 Å². The van der Waals surface area contributed by atoms with Crippen LogP contribution in [0.5, 0.6) is 0 Å². The molecule has 1 amide bonds. The molecule has 0 radical (unpaired) electrons. The summed E-state index contributed by atoms with van der Waals surface area (Å²) in [5, 5.41) is 2.76. The molecule has 1 aliphatic heterocycles. The van der Waals surface area contributed by atoms with Crippen molar-refractivity contribution in [2.45, 2.75) is 23.7 Å². The molecule has 29 heavy (non-hydrogen) atoms. The van der Waals surface area contributed by atoms with Gasteiger partial charge in [0.15, 0.2) is 0 Å². The average molecular weight is 407 g/mol. The minimum Gasteiger partial charge on any atom is -0.325 e. The van der Waals surface area contributed by atoms with Crippen LogP contribution in [0, 0.1) is 0 Å². The average Bonchev–Trinajstić information content (AvgIpc) is 3.03. The number of hydrogen-bond donors (Lipinski definition) is 2. The molecule has 0 unspecified atom stereocenters. The van der Waals surface area contributed by atoms with E-state index in [1.807, 2.05) is 60.7 Å². The number of carbonyl (C=O) groups is 1. The van der Waals surface area contributed by atoms with Crippen molar-refractivity contribution in [3.8, 4) is 0 Å². The highest BCUT2D eigenvalue weighted by Gasteiger charge is 2.28. The van der Waals surface area contributed by atoms with Gasteiger partial charge >= 0.3 is 0 Å². The van der Waals surface area contributed by atoms with Crippen molar-refractivity contribution in [1.29, 1.82) is 0 Å². The maximum absolute atomic E-state index is 13.0.